The fourth-order valence-electron chi connectivity index (χ4n) is 1.98. The van der Waals surface area contributed by atoms with Gasteiger partial charge < -0.3 is 4.90 Å². The fraction of sp³-hybridized carbons (Fsp3) is 0.636. The van der Waals surface area contributed by atoms with Crippen LogP contribution < -0.4 is 11.3 Å². The molecule has 2 heterocycles. The Morgan fingerprint density at radius 2 is 2.47 bits per heavy atom. The van der Waals surface area contributed by atoms with Gasteiger partial charge in [-0.2, -0.15) is 0 Å². The van der Waals surface area contributed by atoms with Crippen LogP contribution in [0.3, 0.4) is 0 Å². The van der Waals surface area contributed by atoms with Crippen LogP contribution in [0.4, 0.5) is 5.13 Å². The molecule has 0 radical (unpaired) electrons. The molecule has 94 valence electrons. The molecule has 0 aliphatic carbocycles. The molecule has 2 rings (SSSR count). The Labute approximate surface area is 105 Å². The number of likely N-dealkylation sites (tertiary alicyclic amines) is 1. The van der Waals surface area contributed by atoms with Crippen molar-refractivity contribution >= 4 is 22.4 Å². The van der Waals surface area contributed by atoms with Gasteiger partial charge in [-0.3, -0.25) is 10.2 Å². The normalized spacial score (nSPS) is 21.4. The first-order valence-electron chi connectivity index (χ1n) is 5.88. The fourth-order valence-corrected chi connectivity index (χ4v) is 2.71. The van der Waals surface area contributed by atoms with Crippen LogP contribution in [0.1, 0.15) is 31.1 Å². The number of hydrogen-bond acceptors (Lipinski definition) is 5. The Morgan fingerprint density at radius 1 is 1.65 bits per heavy atom. The molecule has 1 aliphatic rings. The summed E-state index contributed by atoms with van der Waals surface area (Å²) in [5.74, 6) is 6.18. The van der Waals surface area contributed by atoms with Crippen molar-refractivity contribution in [2.24, 2.45) is 11.8 Å². The third-order valence-corrected chi connectivity index (χ3v) is 4.03. The molecule has 0 aromatic carbocycles. The van der Waals surface area contributed by atoms with Gasteiger partial charge >= 0.3 is 0 Å². The molecule has 0 bridgehead atoms. The Hall–Kier alpha value is -1.14. The van der Waals surface area contributed by atoms with Crippen LogP contribution in [0.2, 0.25) is 0 Å². The third-order valence-electron chi connectivity index (χ3n) is 3.12. The van der Waals surface area contributed by atoms with E-state index in [0.717, 1.165) is 24.3 Å². The third kappa shape index (κ3) is 3.17. The average molecular weight is 254 g/mol. The van der Waals surface area contributed by atoms with Crippen LogP contribution in [0.5, 0.6) is 0 Å². The first kappa shape index (κ1) is 12.3. The lowest BCUT2D eigenvalue weighted by atomic mass is 10.0. The molecule has 6 heteroatoms. The predicted molar refractivity (Wildman–Crippen MR) is 68.4 cm³/mol. The van der Waals surface area contributed by atoms with E-state index in [1.807, 2.05) is 4.90 Å². The van der Waals surface area contributed by atoms with Gasteiger partial charge in [0.1, 0.15) is 0 Å². The highest BCUT2D eigenvalue weighted by atomic mass is 32.1. The van der Waals surface area contributed by atoms with E-state index in [0.29, 0.717) is 24.0 Å². The number of amides is 1. The summed E-state index contributed by atoms with van der Waals surface area (Å²) in [6.45, 7) is 3.72. The zero-order valence-electron chi connectivity index (χ0n) is 9.98. The number of hydrazine groups is 1. The van der Waals surface area contributed by atoms with Crippen molar-refractivity contribution in [3.63, 3.8) is 0 Å². The second-order valence-electron chi connectivity index (χ2n) is 4.52. The van der Waals surface area contributed by atoms with Crippen LogP contribution >= 0.6 is 11.3 Å². The molecule has 1 aliphatic heterocycles. The van der Waals surface area contributed by atoms with Crippen LogP contribution in [-0.2, 0) is 11.3 Å². The van der Waals surface area contributed by atoms with E-state index >= 15 is 0 Å². The second kappa shape index (κ2) is 5.46. The maximum atomic E-state index is 11.9. The van der Waals surface area contributed by atoms with Gasteiger partial charge in [0.05, 0.1) is 6.54 Å². The van der Waals surface area contributed by atoms with Crippen molar-refractivity contribution in [2.45, 2.75) is 32.7 Å². The van der Waals surface area contributed by atoms with E-state index in [1.165, 1.54) is 11.3 Å². The minimum absolute atomic E-state index is 0.255. The molecule has 1 atom stereocenters. The van der Waals surface area contributed by atoms with Gasteiger partial charge in [0, 0.05) is 24.0 Å². The summed E-state index contributed by atoms with van der Waals surface area (Å²) >= 11 is 1.50. The molecule has 3 N–H and O–H groups in total. The van der Waals surface area contributed by atoms with Gasteiger partial charge in [-0.15, -0.1) is 0 Å². The molecule has 1 unspecified atom stereocenters. The van der Waals surface area contributed by atoms with Gasteiger partial charge in [0.15, 0.2) is 5.13 Å². The quantitative estimate of drug-likeness (QED) is 0.634. The number of nitrogens with two attached hydrogens (primary N) is 1. The Kier molecular flexibility index (Phi) is 3.96. The Morgan fingerprint density at radius 3 is 3.18 bits per heavy atom. The largest absolute Gasteiger partial charge is 0.337 e. The van der Waals surface area contributed by atoms with E-state index in [-0.39, 0.29) is 5.91 Å². The van der Waals surface area contributed by atoms with E-state index in [4.69, 9.17) is 5.84 Å². The highest BCUT2D eigenvalue weighted by Gasteiger charge is 2.20. The lowest BCUT2D eigenvalue weighted by Crippen LogP contribution is -2.29. The highest BCUT2D eigenvalue weighted by Crippen LogP contribution is 2.22. The maximum Gasteiger partial charge on any atom is 0.222 e. The molecular formula is C11H18N4OS. The molecule has 0 spiro atoms. The molecule has 1 saturated heterocycles. The van der Waals surface area contributed by atoms with Gasteiger partial charge in [-0.25, -0.2) is 10.8 Å². The average Bonchev–Trinajstić information content (AvgIpc) is 2.72. The van der Waals surface area contributed by atoms with Crippen LogP contribution in [-0.4, -0.2) is 22.3 Å². The molecule has 1 fully saturated rings. The molecule has 1 aromatic heterocycles. The van der Waals surface area contributed by atoms with Crippen molar-refractivity contribution in [1.82, 2.24) is 9.88 Å². The van der Waals surface area contributed by atoms with E-state index in [2.05, 4.69) is 17.3 Å². The molecule has 1 aromatic rings. The molecular weight excluding hydrogens is 236 g/mol. The number of thiazole rings is 1. The Balaban J connectivity index is 1.99. The predicted octanol–water partition coefficient (Wildman–Crippen LogP) is 1.58. The summed E-state index contributed by atoms with van der Waals surface area (Å²) in [4.78, 5) is 19.0. The highest BCUT2D eigenvalue weighted by molar-refractivity contribution is 7.15. The smallest absolute Gasteiger partial charge is 0.222 e. The number of aromatic nitrogens is 1. The number of carbonyl (C=O) groups is 1. The first-order valence-corrected chi connectivity index (χ1v) is 6.70. The zero-order valence-corrected chi connectivity index (χ0v) is 10.8. The van der Waals surface area contributed by atoms with Gasteiger partial charge in [0.25, 0.3) is 0 Å². The van der Waals surface area contributed by atoms with Crippen LogP contribution in [0.15, 0.2) is 6.20 Å². The van der Waals surface area contributed by atoms with Gasteiger partial charge in [-0.05, 0) is 18.8 Å². The topological polar surface area (TPSA) is 71.2 Å². The number of hydrogen-bond donors (Lipinski definition) is 2. The standard InChI is InChI=1S/C11H18N4OS/c1-8-2-3-10(16)15(5-4-8)7-9-6-13-11(14-12)17-9/h6,8H,2-5,7,12H2,1H3,(H,13,14). The van der Waals surface area contributed by atoms with Crippen molar-refractivity contribution in [3.05, 3.63) is 11.1 Å². The second-order valence-corrected chi connectivity index (χ2v) is 5.64. The Bertz CT molecular complexity index is 393. The van der Waals surface area contributed by atoms with Crippen molar-refractivity contribution in [1.29, 1.82) is 0 Å². The summed E-state index contributed by atoms with van der Waals surface area (Å²) < 4.78 is 0. The van der Waals surface area contributed by atoms with E-state index in [9.17, 15) is 4.79 Å². The lowest BCUT2D eigenvalue weighted by molar-refractivity contribution is -0.131. The van der Waals surface area contributed by atoms with E-state index in [1.54, 1.807) is 6.20 Å². The lowest BCUT2D eigenvalue weighted by Gasteiger charge is -2.19. The summed E-state index contributed by atoms with van der Waals surface area (Å²) in [6.07, 6.45) is 4.55. The minimum Gasteiger partial charge on any atom is -0.337 e. The SMILES string of the molecule is CC1CCC(=O)N(Cc2cnc(NN)s2)CC1. The number of nitrogens with zero attached hydrogens (tertiary/aromatic N) is 2. The summed E-state index contributed by atoms with van der Waals surface area (Å²) in [6, 6.07) is 0. The summed E-state index contributed by atoms with van der Waals surface area (Å²) in [5.41, 5.74) is 2.52. The van der Waals surface area contributed by atoms with Crippen molar-refractivity contribution in [3.8, 4) is 0 Å². The number of nitrogens with one attached hydrogen (secondary N) is 1. The molecule has 0 saturated carbocycles. The van der Waals surface area contributed by atoms with Crippen LogP contribution in [0, 0.1) is 5.92 Å². The number of nitrogen functional groups attached to an aromatic ring is 1. The maximum absolute atomic E-state index is 11.9. The number of rotatable bonds is 3. The van der Waals surface area contributed by atoms with Crippen molar-refractivity contribution < 1.29 is 4.79 Å². The molecule has 17 heavy (non-hydrogen) atoms. The molecule has 1 amide bonds. The summed E-state index contributed by atoms with van der Waals surface area (Å²) in [7, 11) is 0. The van der Waals surface area contributed by atoms with Crippen molar-refractivity contribution in [2.75, 3.05) is 12.0 Å². The van der Waals surface area contributed by atoms with E-state index < -0.39 is 0 Å². The molecule has 5 nitrogen and oxygen atoms in total. The summed E-state index contributed by atoms with van der Waals surface area (Å²) in [5, 5.41) is 0.690. The zero-order chi connectivity index (χ0) is 12.3. The number of carbonyl (C=O) groups excluding carboxylic acids is 1. The number of anilines is 1. The van der Waals surface area contributed by atoms with Gasteiger partial charge in [0.2, 0.25) is 5.91 Å². The minimum atomic E-state index is 0.255. The monoisotopic (exact) mass is 254 g/mol. The van der Waals surface area contributed by atoms with Crippen LogP contribution in [0.25, 0.3) is 0 Å². The first-order chi connectivity index (χ1) is 8.19. The van der Waals surface area contributed by atoms with Gasteiger partial charge in [-0.1, -0.05) is 18.3 Å².